The maximum Gasteiger partial charge on any atom is 0.186 e. The zero-order valence-electron chi connectivity index (χ0n) is 13.6. The van der Waals surface area contributed by atoms with E-state index in [4.69, 9.17) is 4.98 Å². The van der Waals surface area contributed by atoms with Gasteiger partial charge in [-0.15, -0.1) is 11.3 Å². The Bertz CT molecular complexity index is 429. The van der Waals surface area contributed by atoms with E-state index in [9.17, 15) is 0 Å². The van der Waals surface area contributed by atoms with Crippen molar-refractivity contribution >= 4 is 16.5 Å². The van der Waals surface area contributed by atoms with E-state index in [1.807, 2.05) is 11.3 Å². The monoisotopic (exact) mass is 295 g/mol. The van der Waals surface area contributed by atoms with Crippen LogP contribution in [0.3, 0.4) is 0 Å². The minimum Gasteiger partial charge on any atom is -0.345 e. The van der Waals surface area contributed by atoms with Crippen LogP contribution in [0.5, 0.6) is 0 Å². The number of aryl methyl sites for hydroxylation is 1. The number of nitrogens with one attached hydrogen (secondary N) is 1. The zero-order chi connectivity index (χ0) is 14.7. The molecule has 1 aliphatic heterocycles. The second-order valence-electron chi connectivity index (χ2n) is 6.21. The molecule has 0 bridgehead atoms. The highest BCUT2D eigenvalue weighted by atomic mass is 32.1. The van der Waals surface area contributed by atoms with Crippen molar-refractivity contribution in [3.05, 3.63) is 10.6 Å². The first-order valence-corrected chi connectivity index (χ1v) is 8.84. The van der Waals surface area contributed by atoms with Gasteiger partial charge >= 0.3 is 0 Å². The summed E-state index contributed by atoms with van der Waals surface area (Å²) in [6, 6.07) is 0.606. The lowest BCUT2D eigenvalue weighted by atomic mass is 9.86. The predicted molar refractivity (Wildman–Crippen MR) is 88.6 cm³/mol. The summed E-state index contributed by atoms with van der Waals surface area (Å²) in [5, 5.41) is 4.67. The first kappa shape index (κ1) is 15.8. The smallest absolute Gasteiger partial charge is 0.186 e. The quantitative estimate of drug-likeness (QED) is 0.898. The van der Waals surface area contributed by atoms with Crippen LogP contribution in [-0.2, 0) is 13.0 Å². The second-order valence-corrected chi connectivity index (χ2v) is 7.27. The lowest BCUT2D eigenvalue weighted by Crippen LogP contribution is -2.45. The fraction of sp³-hybridized carbons (Fsp3) is 0.812. The van der Waals surface area contributed by atoms with Crippen molar-refractivity contribution in [2.45, 2.75) is 60.0 Å². The van der Waals surface area contributed by atoms with Crippen molar-refractivity contribution in [3.63, 3.8) is 0 Å². The summed E-state index contributed by atoms with van der Waals surface area (Å²) in [4.78, 5) is 8.89. The van der Waals surface area contributed by atoms with Crippen LogP contribution in [0.25, 0.3) is 0 Å². The minimum atomic E-state index is 0.606. The van der Waals surface area contributed by atoms with Gasteiger partial charge in [0.1, 0.15) is 0 Å². The number of rotatable bonds is 5. The van der Waals surface area contributed by atoms with Crippen LogP contribution in [0.15, 0.2) is 0 Å². The van der Waals surface area contributed by atoms with Gasteiger partial charge in [0.15, 0.2) is 5.13 Å². The molecule has 0 radical (unpaired) electrons. The van der Waals surface area contributed by atoms with E-state index in [0.717, 1.165) is 37.9 Å². The van der Waals surface area contributed by atoms with Crippen molar-refractivity contribution in [3.8, 4) is 0 Å². The van der Waals surface area contributed by atoms with Gasteiger partial charge in [-0.05, 0) is 38.1 Å². The molecule has 2 rings (SSSR count). The van der Waals surface area contributed by atoms with Gasteiger partial charge in [-0.3, -0.25) is 0 Å². The number of hydrogen-bond donors (Lipinski definition) is 1. The Morgan fingerprint density at radius 3 is 2.70 bits per heavy atom. The molecular weight excluding hydrogens is 266 g/mol. The number of hydrogen-bond acceptors (Lipinski definition) is 4. The summed E-state index contributed by atoms with van der Waals surface area (Å²) in [5.41, 5.74) is 1.28. The first-order chi connectivity index (χ1) is 9.56. The van der Waals surface area contributed by atoms with Gasteiger partial charge in [0.25, 0.3) is 0 Å². The average Bonchev–Trinajstić information content (AvgIpc) is 2.83. The molecule has 1 N–H and O–H groups in total. The van der Waals surface area contributed by atoms with Gasteiger partial charge in [0, 0.05) is 24.0 Å². The molecule has 2 heterocycles. The average molecular weight is 295 g/mol. The third-order valence-electron chi connectivity index (χ3n) is 4.48. The van der Waals surface area contributed by atoms with E-state index in [1.165, 1.54) is 22.1 Å². The van der Waals surface area contributed by atoms with Gasteiger partial charge in [-0.1, -0.05) is 27.7 Å². The Labute approximate surface area is 127 Å². The number of thiazole rings is 1. The second kappa shape index (κ2) is 6.90. The minimum absolute atomic E-state index is 0.606. The summed E-state index contributed by atoms with van der Waals surface area (Å²) in [6.07, 6.45) is 2.37. The Morgan fingerprint density at radius 1 is 1.30 bits per heavy atom. The van der Waals surface area contributed by atoms with E-state index in [-0.39, 0.29) is 0 Å². The molecule has 3 nitrogen and oxygen atoms in total. The highest BCUT2D eigenvalue weighted by molar-refractivity contribution is 7.15. The molecule has 0 aromatic carbocycles. The fourth-order valence-electron chi connectivity index (χ4n) is 3.11. The fourth-order valence-corrected chi connectivity index (χ4v) is 4.33. The van der Waals surface area contributed by atoms with Crippen molar-refractivity contribution in [1.29, 1.82) is 0 Å². The largest absolute Gasteiger partial charge is 0.345 e. The van der Waals surface area contributed by atoms with E-state index in [0.29, 0.717) is 6.04 Å². The summed E-state index contributed by atoms with van der Waals surface area (Å²) >= 11 is 1.89. The molecule has 0 amide bonds. The molecule has 1 aromatic rings. The lowest BCUT2D eigenvalue weighted by molar-refractivity contribution is 0.297. The van der Waals surface area contributed by atoms with Gasteiger partial charge in [0.2, 0.25) is 0 Å². The number of anilines is 1. The standard InChI is InChI=1S/C16H29N3S/c1-6-14-15(9-17-7-2)20-16(18-14)19-10-11(3)8-12(4)13(19)5/h11-13,17H,6-10H2,1-5H3. The molecule has 0 spiro atoms. The summed E-state index contributed by atoms with van der Waals surface area (Å²) < 4.78 is 0. The molecule has 114 valence electrons. The van der Waals surface area contributed by atoms with E-state index in [2.05, 4.69) is 44.8 Å². The first-order valence-electron chi connectivity index (χ1n) is 8.02. The third-order valence-corrected chi connectivity index (χ3v) is 5.62. The van der Waals surface area contributed by atoms with Crippen molar-refractivity contribution in [2.24, 2.45) is 11.8 Å². The third kappa shape index (κ3) is 3.34. The van der Waals surface area contributed by atoms with Gasteiger partial charge < -0.3 is 10.2 Å². The molecule has 1 fully saturated rings. The van der Waals surface area contributed by atoms with Gasteiger partial charge in [-0.2, -0.15) is 0 Å². The molecule has 0 aliphatic carbocycles. The van der Waals surface area contributed by atoms with Crippen LogP contribution in [0, 0.1) is 11.8 Å². The van der Waals surface area contributed by atoms with Crippen LogP contribution >= 0.6 is 11.3 Å². The maximum atomic E-state index is 4.93. The Morgan fingerprint density at radius 2 is 2.05 bits per heavy atom. The molecule has 4 heteroatoms. The number of piperidine rings is 1. The van der Waals surface area contributed by atoms with Gasteiger partial charge in [-0.25, -0.2) is 4.98 Å². The van der Waals surface area contributed by atoms with Crippen molar-refractivity contribution in [2.75, 3.05) is 18.0 Å². The Hall–Kier alpha value is -0.610. The van der Waals surface area contributed by atoms with Crippen LogP contribution in [-0.4, -0.2) is 24.1 Å². The molecular formula is C16H29N3S. The van der Waals surface area contributed by atoms with Crippen LogP contribution in [0.4, 0.5) is 5.13 Å². The maximum absolute atomic E-state index is 4.93. The zero-order valence-corrected chi connectivity index (χ0v) is 14.4. The van der Waals surface area contributed by atoms with E-state index < -0.39 is 0 Å². The Balaban J connectivity index is 2.20. The van der Waals surface area contributed by atoms with Crippen LogP contribution < -0.4 is 10.2 Å². The van der Waals surface area contributed by atoms with E-state index >= 15 is 0 Å². The number of aromatic nitrogens is 1. The van der Waals surface area contributed by atoms with Crippen LogP contribution in [0.2, 0.25) is 0 Å². The highest BCUT2D eigenvalue weighted by Gasteiger charge is 2.30. The summed E-state index contributed by atoms with van der Waals surface area (Å²) in [5.74, 6) is 1.53. The lowest BCUT2D eigenvalue weighted by Gasteiger charge is -2.41. The van der Waals surface area contributed by atoms with Crippen molar-refractivity contribution in [1.82, 2.24) is 10.3 Å². The topological polar surface area (TPSA) is 28.2 Å². The molecule has 3 unspecified atom stereocenters. The van der Waals surface area contributed by atoms with Crippen LogP contribution in [0.1, 0.15) is 51.6 Å². The van der Waals surface area contributed by atoms with Crippen molar-refractivity contribution < 1.29 is 0 Å². The molecule has 3 atom stereocenters. The molecule has 0 saturated carbocycles. The summed E-state index contributed by atoms with van der Waals surface area (Å²) in [7, 11) is 0. The van der Waals surface area contributed by atoms with E-state index in [1.54, 1.807) is 0 Å². The summed E-state index contributed by atoms with van der Waals surface area (Å²) in [6.45, 7) is 14.6. The number of nitrogens with zero attached hydrogens (tertiary/aromatic N) is 2. The Kier molecular flexibility index (Phi) is 5.44. The molecule has 1 saturated heterocycles. The molecule has 20 heavy (non-hydrogen) atoms. The van der Waals surface area contributed by atoms with Gasteiger partial charge in [0.05, 0.1) is 5.69 Å². The predicted octanol–water partition coefficient (Wildman–Crippen LogP) is 3.69. The SMILES string of the molecule is CCNCc1sc(N2CC(C)CC(C)C2C)nc1CC. The molecule has 1 aromatic heterocycles. The highest BCUT2D eigenvalue weighted by Crippen LogP contribution is 2.35. The normalized spacial score (nSPS) is 27.1. The molecule has 1 aliphatic rings.